The number of rotatable bonds is 3. The zero-order chi connectivity index (χ0) is 27.6. The molecule has 2 aliphatic heterocycles. The maximum absolute atomic E-state index is 5.16. The van der Waals surface area contributed by atoms with Crippen LogP contribution in [0.2, 0.25) is 0 Å². The molecule has 2 aliphatic rings. The molecule has 0 amide bonds. The van der Waals surface area contributed by atoms with Gasteiger partial charge in [0.05, 0.1) is 17.1 Å². The van der Waals surface area contributed by atoms with Crippen molar-refractivity contribution >= 4 is 60.1 Å². The third-order valence-electron chi connectivity index (χ3n) is 8.43. The fourth-order valence-electron chi connectivity index (χ4n) is 6.48. The second-order valence-corrected chi connectivity index (χ2v) is 11.9. The Labute approximate surface area is 248 Å². The molecular formula is C38H25N3S. The number of amidine groups is 1. The van der Waals surface area contributed by atoms with E-state index in [-0.39, 0.29) is 6.04 Å². The van der Waals surface area contributed by atoms with E-state index in [0.717, 1.165) is 22.9 Å². The van der Waals surface area contributed by atoms with Crippen molar-refractivity contribution in [3.8, 4) is 22.3 Å². The Kier molecular flexibility index (Phi) is 5.13. The summed E-state index contributed by atoms with van der Waals surface area (Å²) in [6.45, 7) is 0. The van der Waals surface area contributed by atoms with Crippen LogP contribution in [-0.4, -0.2) is 5.84 Å². The predicted molar refractivity (Wildman–Crippen MR) is 179 cm³/mol. The molecule has 1 unspecified atom stereocenters. The van der Waals surface area contributed by atoms with Crippen LogP contribution in [0.5, 0.6) is 0 Å². The number of benzene rings is 6. The van der Waals surface area contributed by atoms with Crippen LogP contribution in [0.1, 0.15) is 11.6 Å². The first kappa shape index (κ1) is 23.5. The van der Waals surface area contributed by atoms with Gasteiger partial charge in [0.15, 0.2) is 0 Å². The van der Waals surface area contributed by atoms with E-state index >= 15 is 0 Å². The third kappa shape index (κ3) is 3.55. The van der Waals surface area contributed by atoms with Gasteiger partial charge in [0, 0.05) is 31.4 Å². The van der Waals surface area contributed by atoms with Gasteiger partial charge in [-0.2, -0.15) is 0 Å². The van der Waals surface area contributed by atoms with E-state index < -0.39 is 0 Å². The lowest BCUT2D eigenvalue weighted by Gasteiger charge is -2.26. The van der Waals surface area contributed by atoms with Gasteiger partial charge < -0.3 is 5.32 Å². The lowest BCUT2D eigenvalue weighted by molar-refractivity contribution is 1.04. The fraction of sp³-hybridized carbons (Fsp3) is 0.0263. The van der Waals surface area contributed by atoms with Crippen molar-refractivity contribution in [3.63, 3.8) is 0 Å². The minimum absolute atomic E-state index is 0.0227. The molecule has 1 N–H and O–H groups in total. The second-order valence-electron chi connectivity index (χ2n) is 10.9. The lowest BCUT2D eigenvalue weighted by atomic mass is 9.95. The van der Waals surface area contributed by atoms with Gasteiger partial charge in [-0.15, -0.1) is 11.3 Å². The summed E-state index contributed by atoms with van der Waals surface area (Å²) in [5.74, 6) is 1.01. The molecule has 3 nitrogen and oxygen atoms in total. The van der Waals surface area contributed by atoms with Crippen LogP contribution in [-0.2, 0) is 0 Å². The van der Waals surface area contributed by atoms with Crippen molar-refractivity contribution in [2.24, 2.45) is 4.99 Å². The third-order valence-corrected chi connectivity index (χ3v) is 9.65. The molecule has 6 aromatic carbocycles. The van der Waals surface area contributed by atoms with E-state index in [1.165, 1.54) is 53.7 Å². The number of hydrogen-bond donors (Lipinski definition) is 1. The Morgan fingerprint density at radius 3 is 2.33 bits per heavy atom. The van der Waals surface area contributed by atoms with E-state index in [1.54, 1.807) is 0 Å². The van der Waals surface area contributed by atoms with E-state index in [9.17, 15) is 0 Å². The van der Waals surface area contributed by atoms with Crippen molar-refractivity contribution < 1.29 is 0 Å². The number of para-hydroxylation sites is 3. The highest BCUT2D eigenvalue weighted by Crippen LogP contribution is 2.48. The van der Waals surface area contributed by atoms with Gasteiger partial charge in [-0.3, -0.25) is 4.90 Å². The van der Waals surface area contributed by atoms with Crippen molar-refractivity contribution in [1.82, 2.24) is 0 Å². The summed E-state index contributed by atoms with van der Waals surface area (Å²) in [5, 5.41) is 6.45. The summed E-state index contributed by atoms with van der Waals surface area (Å²) in [6, 6.07) is 50.0. The summed E-state index contributed by atoms with van der Waals surface area (Å²) < 4.78 is 2.67. The summed E-state index contributed by atoms with van der Waals surface area (Å²) in [4.78, 5) is 7.46. The van der Waals surface area contributed by atoms with Gasteiger partial charge in [0.25, 0.3) is 0 Å². The molecule has 198 valence electrons. The zero-order valence-electron chi connectivity index (χ0n) is 22.7. The standard InChI is InChI=1S/C38H25N3S/c1-2-12-27(13-3-1)41-34-21-20-25(23-31(34)36-38(41)40-33-18-6-5-17-32(33)39-36)24-10-8-11-26(22-24)28-15-9-16-30-29-14-4-7-19-35(29)42-37(28)30/h1-23,36,39H. The number of nitrogens with one attached hydrogen (secondary N) is 1. The summed E-state index contributed by atoms with van der Waals surface area (Å²) >= 11 is 1.88. The van der Waals surface area contributed by atoms with Crippen molar-refractivity contribution in [3.05, 3.63) is 145 Å². The minimum Gasteiger partial charge on any atom is -0.370 e. The normalized spacial score (nSPS) is 15.2. The van der Waals surface area contributed by atoms with Crippen molar-refractivity contribution in [2.45, 2.75) is 6.04 Å². The second kappa shape index (κ2) is 9.16. The molecule has 42 heavy (non-hydrogen) atoms. The topological polar surface area (TPSA) is 27.6 Å². The van der Waals surface area contributed by atoms with Crippen LogP contribution in [0.15, 0.2) is 145 Å². The van der Waals surface area contributed by atoms with Crippen LogP contribution in [0.25, 0.3) is 42.4 Å². The maximum atomic E-state index is 5.16. The Morgan fingerprint density at radius 2 is 1.38 bits per heavy atom. The predicted octanol–water partition coefficient (Wildman–Crippen LogP) is 10.7. The van der Waals surface area contributed by atoms with E-state index in [0.29, 0.717) is 0 Å². The smallest absolute Gasteiger partial charge is 0.141 e. The highest BCUT2D eigenvalue weighted by Gasteiger charge is 2.39. The van der Waals surface area contributed by atoms with Gasteiger partial charge in [0.2, 0.25) is 0 Å². The van der Waals surface area contributed by atoms with Crippen LogP contribution in [0, 0.1) is 0 Å². The fourth-order valence-corrected chi connectivity index (χ4v) is 7.72. The van der Waals surface area contributed by atoms with Gasteiger partial charge >= 0.3 is 0 Å². The number of fused-ring (bicyclic) bond motifs is 7. The first-order chi connectivity index (χ1) is 20.8. The molecule has 0 saturated heterocycles. The van der Waals surface area contributed by atoms with Crippen molar-refractivity contribution in [1.29, 1.82) is 0 Å². The summed E-state index contributed by atoms with van der Waals surface area (Å²) in [7, 11) is 0. The average molecular weight is 556 g/mol. The minimum atomic E-state index is -0.0227. The van der Waals surface area contributed by atoms with Crippen LogP contribution in [0.3, 0.4) is 0 Å². The van der Waals surface area contributed by atoms with E-state index in [1.807, 2.05) is 17.4 Å². The van der Waals surface area contributed by atoms with Crippen LogP contribution >= 0.6 is 11.3 Å². The van der Waals surface area contributed by atoms with Gasteiger partial charge in [0.1, 0.15) is 11.9 Å². The number of thiophene rings is 1. The molecule has 0 bridgehead atoms. The number of nitrogens with zero attached hydrogens (tertiary/aromatic N) is 2. The first-order valence-corrected chi connectivity index (χ1v) is 15.1. The molecule has 9 rings (SSSR count). The van der Waals surface area contributed by atoms with E-state index in [2.05, 4.69) is 144 Å². The Morgan fingerprint density at radius 1 is 0.619 bits per heavy atom. The van der Waals surface area contributed by atoms with Gasteiger partial charge in [-0.25, -0.2) is 4.99 Å². The van der Waals surface area contributed by atoms with Crippen LogP contribution in [0.4, 0.5) is 22.7 Å². The van der Waals surface area contributed by atoms with Gasteiger partial charge in [-0.1, -0.05) is 91.0 Å². The first-order valence-electron chi connectivity index (χ1n) is 14.3. The molecule has 1 atom stereocenters. The number of anilines is 3. The molecule has 3 heterocycles. The Hall–Kier alpha value is -5.19. The molecule has 0 aliphatic carbocycles. The molecule has 4 heteroatoms. The van der Waals surface area contributed by atoms with E-state index in [4.69, 9.17) is 4.99 Å². The highest BCUT2D eigenvalue weighted by molar-refractivity contribution is 7.26. The zero-order valence-corrected chi connectivity index (χ0v) is 23.5. The summed E-state index contributed by atoms with van der Waals surface area (Å²) in [5.41, 5.74) is 10.5. The highest BCUT2D eigenvalue weighted by atomic mass is 32.1. The monoisotopic (exact) mass is 555 g/mol. The average Bonchev–Trinajstić information content (AvgIpc) is 3.59. The number of hydrogen-bond acceptors (Lipinski definition) is 4. The summed E-state index contributed by atoms with van der Waals surface area (Å²) in [6.07, 6.45) is 0. The Bertz CT molecular complexity index is 2190. The molecule has 7 aromatic rings. The molecule has 0 radical (unpaired) electrons. The quantitative estimate of drug-likeness (QED) is 0.235. The van der Waals surface area contributed by atoms with Gasteiger partial charge in [-0.05, 0) is 70.8 Å². The molecule has 0 saturated carbocycles. The molecule has 1 aromatic heterocycles. The maximum Gasteiger partial charge on any atom is 0.141 e. The lowest BCUT2D eigenvalue weighted by Crippen LogP contribution is -2.29. The molecule has 0 fully saturated rings. The largest absolute Gasteiger partial charge is 0.370 e. The SMILES string of the molecule is c1ccc(N2C3=Nc4ccccc4NC3c3cc(-c4cccc(-c5cccc6c5sc5ccccc56)c4)ccc32)cc1. The molecular weight excluding hydrogens is 531 g/mol. The van der Waals surface area contributed by atoms with Crippen LogP contribution < -0.4 is 10.2 Å². The number of aliphatic imine (C=N–C) groups is 1. The van der Waals surface area contributed by atoms with Crippen molar-refractivity contribution in [2.75, 3.05) is 10.2 Å². The Balaban J connectivity index is 1.17. The molecule has 0 spiro atoms.